The fraction of sp³-hybridized carbons (Fsp3) is 0.0714. The first-order valence-corrected chi connectivity index (χ1v) is 8.20. The van der Waals surface area contributed by atoms with Crippen molar-refractivity contribution in [3.63, 3.8) is 0 Å². The van der Waals surface area contributed by atoms with Gasteiger partial charge in [0.15, 0.2) is 0 Å². The number of anilines is 1. The average Bonchev–Trinajstić information content (AvgIpc) is 2.49. The van der Waals surface area contributed by atoms with Gasteiger partial charge in [-0.2, -0.15) is 8.42 Å². The van der Waals surface area contributed by atoms with E-state index in [9.17, 15) is 8.42 Å². The average molecular weight is 338 g/mol. The number of nitrogens with zero attached hydrogens (tertiary/aromatic N) is 1. The van der Waals surface area contributed by atoms with Crippen LogP contribution in [0.1, 0.15) is 5.56 Å². The highest BCUT2D eigenvalue weighted by Crippen LogP contribution is 2.29. The number of hydroxylamine groups is 1. The summed E-state index contributed by atoms with van der Waals surface area (Å²) in [5.41, 5.74) is 3.85. The minimum Gasteiger partial charge on any atom is -0.322 e. The van der Waals surface area contributed by atoms with E-state index >= 15 is 0 Å². The minimum atomic E-state index is -3.81. The second-order valence-corrected chi connectivity index (χ2v) is 6.57. The SMILES string of the molecule is O=S1(=O)N=C(NOCc2ccccc2)Nc2ccc(Cl)cc21. The number of benzene rings is 2. The van der Waals surface area contributed by atoms with Gasteiger partial charge in [0.05, 0.1) is 12.3 Å². The Morgan fingerprint density at radius 1 is 1.18 bits per heavy atom. The van der Waals surface area contributed by atoms with Gasteiger partial charge in [-0.1, -0.05) is 41.9 Å². The van der Waals surface area contributed by atoms with Gasteiger partial charge in [-0.05, 0) is 23.8 Å². The Hall–Kier alpha value is -2.09. The number of sulfonamides is 1. The molecule has 2 N–H and O–H groups in total. The Kier molecular flexibility index (Phi) is 4.02. The summed E-state index contributed by atoms with van der Waals surface area (Å²) in [6.45, 7) is 0.273. The van der Waals surface area contributed by atoms with E-state index in [0.717, 1.165) is 5.56 Å². The Labute approximate surface area is 132 Å². The molecule has 0 unspecified atom stereocenters. The van der Waals surface area contributed by atoms with Gasteiger partial charge in [0.2, 0.25) is 5.96 Å². The lowest BCUT2D eigenvalue weighted by Crippen LogP contribution is -2.34. The summed E-state index contributed by atoms with van der Waals surface area (Å²) in [4.78, 5) is 5.29. The Morgan fingerprint density at radius 2 is 1.95 bits per heavy atom. The molecule has 1 aliphatic heterocycles. The van der Waals surface area contributed by atoms with Gasteiger partial charge in [0.25, 0.3) is 10.0 Å². The summed E-state index contributed by atoms with van der Waals surface area (Å²) in [6, 6.07) is 14.0. The van der Waals surface area contributed by atoms with Gasteiger partial charge in [-0.15, -0.1) is 4.40 Å². The molecule has 2 aromatic carbocycles. The number of guanidine groups is 1. The molecule has 1 aliphatic rings. The van der Waals surface area contributed by atoms with E-state index < -0.39 is 10.0 Å². The highest BCUT2D eigenvalue weighted by molar-refractivity contribution is 7.90. The molecule has 0 radical (unpaired) electrons. The fourth-order valence-corrected chi connectivity index (χ4v) is 3.27. The molecule has 0 amide bonds. The number of rotatable bonds is 3. The maximum atomic E-state index is 12.1. The Morgan fingerprint density at radius 3 is 2.73 bits per heavy atom. The molecule has 0 atom stereocenters. The molecule has 0 saturated carbocycles. The lowest BCUT2D eigenvalue weighted by Gasteiger charge is -2.18. The smallest absolute Gasteiger partial charge is 0.287 e. The molecular weight excluding hydrogens is 326 g/mol. The predicted molar refractivity (Wildman–Crippen MR) is 84.1 cm³/mol. The number of nitrogens with one attached hydrogen (secondary N) is 2. The summed E-state index contributed by atoms with van der Waals surface area (Å²) in [5.74, 6) is 0.00533. The van der Waals surface area contributed by atoms with Crippen LogP contribution in [0, 0.1) is 0 Å². The van der Waals surface area contributed by atoms with Gasteiger partial charge in [0, 0.05) is 5.02 Å². The molecule has 0 spiro atoms. The first kappa shape index (κ1) is 14.8. The van der Waals surface area contributed by atoms with Crippen molar-refractivity contribution in [2.75, 3.05) is 5.32 Å². The van der Waals surface area contributed by atoms with Crippen molar-refractivity contribution < 1.29 is 13.3 Å². The highest BCUT2D eigenvalue weighted by atomic mass is 35.5. The summed E-state index contributed by atoms with van der Waals surface area (Å²) in [6.07, 6.45) is 0. The van der Waals surface area contributed by atoms with Crippen LogP contribution >= 0.6 is 11.6 Å². The van der Waals surface area contributed by atoms with Crippen LogP contribution in [0.25, 0.3) is 0 Å². The van der Waals surface area contributed by atoms with E-state index in [1.807, 2.05) is 30.3 Å². The van der Waals surface area contributed by atoms with Crippen LogP contribution in [-0.4, -0.2) is 14.4 Å². The Balaban J connectivity index is 1.72. The molecule has 0 saturated heterocycles. The van der Waals surface area contributed by atoms with Gasteiger partial charge >= 0.3 is 0 Å². The molecule has 1 heterocycles. The van der Waals surface area contributed by atoms with Crippen LogP contribution in [0.15, 0.2) is 57.8 Å². The van der Waals surface area contributed by atoms with Crippen molar-refractivity contribution in [3.8, 4) is 0 Å². The van der Waals surface area contributed by atoms with Crippen LogP contribution in [0.2, 0.25) is 5.02 Å². The quantitative estimate of drug-likeness (QED) is 0.841. The van der Waals surface area contributed by atoms with E-state index in [1.165, 1.54) is 6.07 Å². The molecule has 6 nitrogen and oxygen atoms in total. The van der Waals surface area contributed by atoms with Crippen molar-refractivity contribution in [3.05, 3.63) is 59.1 Å². The van der Waals surface area contributed by atoms with Crippen molar-refractivity contribution in [1.29, 1.82) is 0 Å². The topological polar surface area (TPSA) is 79.8 Å². The predicted octanol–water partition coefficient (Wildman–Crippen LogP) is 2.53. The fourth-order valence-electron chi connectivity index (χ4n) is 1.94. The summed E-state index contributed by atoms with van der Waals surface area (Å²) in [5, 5.41) is 3.17. The third kappa shape index (κ3) is 3.22. The molecular formula is C14H12ClN3O3S. The van der Waals surface area contributed by atoms with Crippen molar-refractivity contribution in [2.24, 2.45) is 4.40 Å². The van der Waals surface area contributed by atoms with Crippen LogP contribution in [-0.2, 0) is 21.5 Å². The second kappa shape index (κ2) is 5.96. The number of fused-ring (bicyclic) bond motifs is 1. The summed E-state index contributed by atoms with van der Waals surface area (Å²) >= 11 is 5.81. The molecule has 0 bridgehead atoms. The van der Waals surface area contributed by atoms with E-state index in [0.29, 0.717) is 10.7 Å². The first-order chi connectivity index (χ1) is 10.5. The van der Waals surface area contributed by atoms with E-state index in [2.05, 4.69) is 15.2 Å². The molecule has 114 valence electrons. The van der Waals surface area contributed by atoms with E-state index in [-0.39, 0.29) is 17.5 Å². The van der Waals surface area contributed by atoms with Crippen molar-refractivity contribution in [1.82, 2.24) is 5.48 Å². The van der Waals surface area contributed by atoms with Crippen LogP contribution in [0.4, 0.5) is 5.69 Å². The molecule has 0 fully saturated rings. The molecule has 0 aromatic heterocycles. The molecule has 8 heteroatoms. The van der Waals surface area contributed by atoms with E-state index in [4.69, 9.17) is 16.4 Å². The minimum absolute atomic E-state index is 0.00533. The second-order valence-electron chi connectivity index (χ2n) is 4.56. The summed E-state index contributed by atoms with van der Waals surface area (Å²) < 4.78 is 27.8. The number of halogens is 1. The first-order valence-electron chi connectivity index (χ1n) is 6.38. The largest absolute Gasteiger partial charge is 0.322 e. The monoisotopic (exact) mass is 337 g/mol. The molecule has 22 heavy (non-hydrogen) atoms. The summed E-state index contributed by atoms with van der Waals surface area (Å²) in [7, 11) is -3.81. The third-order valence-corrected chi connectivity index (χ3v) is 4.49. The van der Waals surface area contributed by atoms with Gasteiger partial charge in [0.1, 0.15) is 4.90 Å². The maximum absolute atomic E-state index is 12.1. The van der Waals surface area contributed by atoms with Gasteiger partial charge < -0.3 is 5.32 Å². The van der Waals surface area contributed by atoms with Crippen LogP contribution in [0.3, 0.4) is 0 Å². The zero-order chi connectivity index (χ0) is 15.6. The zero-order valence-corrected chi connectivity index (χ0v) is 12.9. The molecule has 0 aliphatic carbocycles. The van der Waals surface area contributed by atoms with E-state index in [1.54, 1.807) is 12.1 Å². The number of hydrogen-bond donors (Lipinski definition) is 2. The maximum Gasteiger partial charge on any atom is 0.287 e. The molecule has 2 aromatic rings. The van der Waals surface area contributed by atoms with Crippen molar-refractivity contribution >= 4 is 33.3 Å². The van der Waals surface area contributed by atoms with Crippen LogP contribution < -0.4 is 10.8 Å². The van der Waals surface area contributed by atoms with Gasteiger partial charge in [-0.25, -0.2) is 5.48 Å². The highest BCUT2D eigenvalue weighted by Gasteiger charge is 2.25. The standard InChI is InChI=1S/C14H12ClN3O3S/c15-11-6-7-12-13(8-11)22(19,20)18-14(16-12)17-21-9-10-4-2-1-3-5-10/h1-8H,9H2,(H2,16,17,18). The van der Waals surface area contributed by atoms with Crippen molar-refractivity contribution in [2.45, 2.75) is 11.5 Å². The van der Waals surface area contributed by atoms with Gasteiger partial charge in [-0.3, -0.25) is 4.84 Å². The number of hydrogen-bond acceptors (Lipinski definition) is 5. The lowest BCUT2D eigenvalue weighted by atomic mass is 10.2. The normalized spacial score (nSPS) is 15.4. The van der Waals surface area contributed by atoms with Crippen LogP contribution in [0.5, 0.6) is 0 Å². The Bertz CT molecular complexity index is 822. The lowest BCUT2D eigenvalue weighted by molar-refractivity contribution is 0.0712. The third-order valence-electron chi connectivity index (χ3n) is 2.94. The molecule has 3 rings (SSSR count). The zero-order valence-electron chi connectivity index (χ0n) is 11.3.